The van der Waals surface area contributed by atoms with Crippen LogP contribution < -0.4 is 4.74 Å². The summed E-state index contributed by atoms with van der Waals surface area (Å²) in [4.78, 5) is 77.1. The average Bonchev–Trinajstić information content (AvgIpc) is 3.78. The molecule has 3 aliphatic rings. The van der Waals surface area contributed by atoms with Crippen LogP contribution in [0.15, 0.2) is 78.2 Å². The second-order valence-corrected chi connectivity index (χ2v) is 10.9. The first-order chi connectivity index (χ1) is 19.7. The Balaban J connectivity index is 1.26. The van der Waals surface area contributed by atoms with Gasteiger partial charge in [0.05, 0.1) is 16.8 Å². The number of hydrogen-bond acceptors (Lipinski definition) is 9. The maximum atomic E-state index is 13.6. The molecule has 0 unspecified atom stereocenters. The third kappa shape index (κ3) is 4.61. The van der Waals surface area contributed by atoms with Crippen LogP contribution in [0.1, 0.15) is 36.8 Å². The molecule has 1 saturated carbocycles. The number of carbonyl (C=O) groups excluding carboxylic acids is 5. The number of nitrogens with zero attached hydrogens (tertiary/aromatic N) is 3. The molecule has 0 spiro atoms. The zero-order valence-corrected chi connectivity index (χ0v) is 22.1. The number of allylic oxidation sites excluding steroid dienone is 2. The summed E-state index contributed by atoms with van der Waals surface area (Å²) in [5, 5.41) is 14.4. The van der Waals surface area contributed by atoms with Gasteiger partial charge in [0.25, 0.3) is 23.4 Å². The Labute approximate surface area is 236 Å². The number of hydrogen-bond donors (Lipinski definition) is 0. The number of nitro groups is 1. The topological polar surface area (TPSA) is 144 Å². The molecule has 2 aliphatic carbocycles. The van der Waals surface area contributed by atoms with Crippen molar-refractivity contribution < 1.29 is 33.6 Å². The molecule has 2 fully saturated rings. The number of esters is 1. The smallest absolute Gasteiger partial charge is 0.353 e. The molecule has 1 aliphatic heterocycles. The first kappa shape index (κ1) is 26.3. The molecule has 0 radical (unpaired) electrons. The van der Waals surface area contributed by atoms with Crippen LogP contribution in [0, 0.1) is 33.8 Å². The number of imide groups is 1. The van der Waals surface area contributed by atoms with Gasteiger partial charge in [0.2, 0.25) is 0 Å². The number of amides is 3. The van der Waals surface area contributed by atoms with Crippen molar-refractivity contribution in [3.05, 3.63) is 104 Å². The van der Waals surface area contributed by atoms with Crippen LogP contribution in [0.25, 0.3) is 0 Å². The second kappa shape index (κ2) is 10.2. The van der Waals surface area contributed by atoms with E-state index in [0.717, 1.165) is 22.2 Å². The van der Waals surface area contributed by atoms with Crippen LogP contribution >= 0.6 is 11.3 Å². The number of rotatable bonds is 8. The summed E-state index contributed by atoms with van der Waals surface area (Å²) in [6.45, 7) is -0.635. The lowest BCUT2D eigenvalue weighted by molar-refractivity contribution is -0.384. The molecular weight excluding hydrogens is 550 g/mol. The lowest BCUT2D eigenvalue weighted by Crippen LogP contribution is -2.52. The van der Waals surface area contributed by atoms with E-state index in [1.807, 2.05) is 12.2 Å². The summed E-state index contributed by atoms with van der Waals surface area (Å²) in [6.07, 6.45) is 4.53. The van der Waals surface area contributed by atoms with Crippen LogP contribution in [0.4, 0.5) is 5.69 Å². The predicted octanol–water partition coefficient (Wildman–Crippen LogP) is 3.92. The standard InChI is InChI=1S/C29H21N3O8S/c33-22(16-7-11-21(12-8-16)40-29(37)23-2-1-13-41-23)15-30(26(34)17-5-9-20(10-6-17)32(38)39)31-27(35)24-18-3-4-19(14-18)25(24)28(31)36/h1-13,18-19,24-25H,14-15H2/t18-,19-,24-,25-/m0/s1. The van der Waals surface area contributed by atoms with Gasteiger partial charge in [-0.25, -0.2) is 9.80 Å². The lowest BCUT2D eigenvalue weighted by atomic mass is 9.85. The van der Waals surface area contributed by atoms with Crippen molar-refractivity contribution in [3.63, 3.8) is 0 Å². The molecule has 6 rings (SSSR count). The van der Waals surface area contributed by atoms with Gasteiger partial charge in [0, 0.05) is 23.3 Å². The third-order valence-corrected chi connectivity index (χ3v) is 8.50. The highest BCUT2D eigenvalue weighted by atomic mass is 32.1. The van der Waals surface area contributed by atoms with Crippen molar-refractivity contribution in [1.82, 2.24) is 10.0 Å². The zero-order chi connectivity index (χ0) is 28.8. The highest BCUT2D eigenvalue weighted by molar-refractivity contribution is 7.12. The summed E-state index contributed by atoms with van der Waals surface area (Å²) in [5.74, 6) is -4.24. The van der Waals surface area contributed by atoms with E-state index in [1.165, 1.54) is 47.7 Å². The number of carbonyl (C=O) groups is 5. The Hall–Kier alpha value is -4.97. The number of nitro benzene ring substituents is 1. The van der Waals surface area contributed by atoms with E-state index in [2.05, 4.69) is 0 Å². The van der Waals surface area contributed by atoms with Crippen molar-refractivity contribution in [2.45, 2.75) is 6.42 Å². The molecule has 11 nitrogen and oxygen atoms in total. The summed E-state index contributed by atoms with van der Waals surface area (Å²) in [5.41, 5.74) is -0.115. The Morgan fingerprint density at radius 2 is 1.54 bits per heavy atom. The van der Waals surface area contributed by atoms with Crippen molar-refractivity contribution in [3.8, 4) is 5.75 Å². The maximum absolute atomic E-state index is 13.6. The van der Waals surface area contributed by atoms with E-state index in [0.29, 0.717) is 11.3 Å². The molecule has 206 valence electrons. The number of ether oxygens (including phenoxy) is 1. The summed E-state index contributed by atoms with van der Waals surface area (Å²) in [7, 11) is 0. The fourth-order valence-corrected chi connectivity index (χ4v) is 6.32. The largest absolute Gasteiger partial charge is 0.422 e. The number of fused-ring (bicyclic) bond motifs is 5. The number of hydrazine groups is 1. The van der Waals surface area contributed by atoms with Crippen molar-refractivity contribution >= 4 is 46.5 Å². The molecular formula is C29H21N3O8S. The number of ketones is 1. The first-order valence-electron chi connectivity index (χ1n) is 12.7. The van der Waals surface area contributed by atoms with Gasteiger partial charge >= 0.3 is 5.97 Å². The fraction of sp³-hybridized carbons (Fsp3) is 0.207. The number of benzene rings is 2. The minimum absolute atomic E-state index is 0.0296. The van der Waals surface area contributed by atoms with Gasteiger partial charge in [0.15, 0.2) is 5.78 Å². The Morgan fingerprint density at radius 3 is 2.10 bits per heavy atom. The fourth-order valence-electron chi connectivity index (χ4n) is 5.72. The molecule has 2 bridgehead atoms. The van der Waals surface area contributed by atoms with Gasteiger partial charge in [-0.15, -0.1) is 11.3 Å². The molecule has 3 amide bonds. The van der Waals surface area contributed by atoms with E-state index in [-0.39, 0.29) is 34.4 Å². The summed E-state index contributed by atoms with van der Waals surface area (Å²) < 4.78 is 5.32. The van der Waals surface area contributed by atoms with Crippen LogP contribution in [0.3, 0.4) is 0 Å². The van der Waals surface area contributed by atoms with E-state index in [1.54, 1.807) is 17.5 Å². The predicted molar refractivity (Wildman–Crippen MR) is 144 cm³/mol. The monoisotopic (exact) mass is 571 g/mol. The van der Waals surface area contributed by atoms with E-state index in [9.17, 15) is 34.1 Å². The molecule has 1 saturated heterocycles. The maximum Gasteiger partial charge on any atom is 0.353 e. The molecule has 1 aromatic heterocycles. The highest BCUT2D eigenvalue weighted by Gasteiger charge is 2.61. The minimum atomic E-state index is -0.822. The normalized spacial score (nSPS) is 22.1. The second-order valence-electron chi connectivity index (χ2n) is 9.97. The zero-order valence-electron chi connectivity index (χ0n) is 21.2. The van der Waals surface area contributed by atoms with Crippen molar-refractivity contribution in [1.29, 1.82) is 0 Å². The summed E-state index contributed by atoms with van der Waals surface area (Å²) in [6, 6.07) is 13.7. The van der Waals surface area contributed by atoms with E-state index >= 15 is 0 Å². The minimum Gasteiger partial charge on any atom is -0.422 e. The number of non-ortho nitro benzene ring substituents is 1. The van der Waals surface area contributed by atoms with Gasteiger partial charge in [-0.05, 0) is 66.1 Å². The molecule has 0 N–H and O–H groups in total. The van der Waals surface area contributed by atoms with Crippen LogP contribution in [-0.2, 0) is 9.59 Å². The van der Waals surface area contributed by atoms with Crippen LogP contribution in [0.2, 0.25) is 0 Å². The molecule has 3 aromatic rings. The SMILES string of the molecule is O=C(CN(C(=O)c1ccc([N+](=O)[O-])cc1)N1C(=O)[C@@H]2[C@@H](C1=O)[C@H]1C=C[C@H]2C1)c1ccc(OC(=O)c2cccs2)cc1. The van der Waals surface area contributed by atoms with E-state index in [4.69, 9.17) is 4.74 Å². The van der Waals surface area contributed by atoms with Gasteiger partial charge in [-0.1, -0.05) is 18.2 Å². The molecule has 12 heteroatoms. The van der Waals surface area contributed by atoms with Crippen LogP contribution in [-0.4, -0.2) is 51.0 Å². The van der Waals surface area contributed by atoms with Gasteiger partial charge in [0.1, 0.15) is 17.2 Å². The van der Waals surface area contributed by atoms with Crippen molar-refractivity contribution in [2.24, 2.45) is 23.7 Å². The quantitative estimate of drug-likeness (QED) is 0.0753. The van der Waals surface area contributed by atoms with Gasteiger partial charge in [-0.2, -0.15) is 5.01 Å². The van der Waals surface area contributed by atoms with Crippen LogP contribution in [0.5, 0.6) is 5.75 Å². The highest BCUT2D eigenvalue weighted by Crippen LogP contribution is 2.52. The first-order valence-corrected chi connectivity index (χ1v) is 13.6. The van der Waals surface area contributed by atoms with Gasteiger partial charge in [-0.3, -0.25) is 29.3 Å². The Morgan fingerprint density at radius 1 is 0.927 bits per heavy atom. The third-order valence-electron chi connectivity index (χ3n) is 7.65. The van der Waals surface area contributed by atoms with Gasteiger partial charge < -0.3 is 4.74 Å². The number of thiophene rings is 1. The Bertz CT molecular complexity index is 1580. The lowest BCUT2D eigenvalue weighted by Gasteiger charge is -2.30. The summed E-state index contributed by atoms with van der Waals surface area (Å²) >= 11 is 1.23. The molecule has 2 aromatic carbocycles. The average molecular weight is 572 g/mol. The van der Waals surface area contributed by atoms with E-state index < -0.39 is 52.8 Å². The number of Topliss-reactive ketones (excluding diaryl/α,β-unsaturated/α-hetero) is 1. The Kier molecular flexibility index (Phi) is 6.54. The molecule has 4 atom stereocenters. The van der Waals surface area contributed by atoms with Crippen molar-refractivity contribution in [2.75, 3.05) is 6.54 Å². The molecule has 2 heterocycles. The molecule has 41 heavy (non-hydrogen) atoms.